The average Bonchev–Trinajstić information content (AvgIpc) is 3.04. The molecule has 0 aromatic carbocycles. The van der Waals surface area contributed by atoms with Crippen LogP contribution in [0.2, 0.25) is 0 Å². The largest absolute Gasteiger partial charge is 0.505 e. The van der Waals surface area contributed by atoms with Crippen molar-refractivity contribution in [2.24, 2.45) is 23.7 Å². The van der Waals surface area contributed by atoms with Gasteiger partial charge in [0.05, 0.1) is 0 Å². The van der Waals surface area contributed by atoms with Gasteiger partial charge in [-0.05, 0) is 30.1 Å². The van der Waals surface area contributed by atoms with E-state index in [2.05, 4.69) is 39.4 Å². The monoisotopic (exact) mass is 514 g/mol. The molecule has 3 N–H and O–H groups in total. The predicted octanol–water partition coefficient (Wildman–Crippen LogP) is 7.03. The van der Waals surface area contributed by atoms with E-state index in [1.807, 2.05) is 0 Å². The zero-order valence-corrected chi connectivity index (χ0v) is 22.6. The minimum absolute atomic E-state index is 0. The third-order valence-electron chi connectivity index (χ3n) is 7.05. The first-order chi connectivity index (χ1) is 16.5. The Balaban J connectivity index is 0.0000122. The van der Waals surface area contributed by atoms with Crippen molar-refractivity contribution in [3.63, 3.8) is 0 Å². The molecule has 7 heteroatoms. The summed E-state index contributed by atoms with van der Waals surface area (Å²) in [6, 6.07) is 0. The number of hydrogen-bond donors (Lipinski definition) is 3. The smallest absolute Gasteiger partial charge is 0.377 e. The van der Waals surface area contributed by atoms with Crippen molar-refractivity contribution in [3.8, 4) is 0 Å². The normalized spacial score (nSPS) is 19.0. The average molecular weight is 515 g/mol. The molecule has 0 fully saturated rings. The molecule has 0 saturated heterocycles. The van der Waals surface area contributed by atoms with Crippen LogP contribution in [0.25, 0.3) is 0 Å². The lowest BCUT2D eigenvalue weighted by Crippen LogP contribution is -2.33. The van der Waals surface area contributed by atoms with E-state index in [1.165, 1.54) is 51.4 Å². The van der Waals surface area contributed by atoms with Crippen molar-refractivity contribution < 1.29 is 34.4 Å². The van der Waals surface area contributed by atoms with Crippen molar-refractivity contribution in [2.75, 3.05) is 6.61 Å². The molecule has 7 nitrogen and oxygen atoms in total. The van der Waals surface area contributed by atoms with Gasteiger partial charge >= 0.3 is 11.9 Å². The molecule has 0 aromatic heterocycles. The standard InChI is InChI=1S/C28H50O7.CH4/c1-19(2)10-6-11-20(3)12-7-13-21(4)14-8-15-22(5)16-9-17-24(30)34-18-23(29)27-25(31)26(32)28(33)35-27;/h19-23,27,29,31-32H,6-18H2,1-5H3;1H4. The molecule has 5 unspecified atom stereocenters. The summed E-state index contributed by atoms with van der Waals surface area (Å²) in [5.74, 6) is -0.253. The van der Waals surface area contributed by atoms with E-state index in [9.17, 15) is 24.9 Å². The molecule has 1 aliphatic rings. The lowest BCUT2D eigenvalue weighted by Gasteiger charge is -2.17. The van der Waals surface area contributed by atoms with Gasteiger partial charge in [-0.25, -0.2) is 4.79 Å². The maximum atomic E-state index is 11.9. The molecule has 0 bridgehead atoms. The molecule has 0 aliphatic carbocycles. The lowest BCUT2D eigenvalue weighted by atomic mass is 9.90. The number of esters is 2. The summed E-state index contributed by atoms with van der Waals surface area (Å²) in [6.07, 6.45) is 10.8. The highest BCUT2D eigenvalue weighted by Gasteiger charge is 2.39. The summed E-state index contributed by atoms with van der Waals surface area (Å²) in [7, 11) is 0. The van der Waals surface area contributed by atoms with E-state index in [0.717, 1.165) is 30.6 Å². The Morgan fingerprint density at radius 2 is 1.28 bits per heavy atom. The Morgan fingerprint density at radius 3 is 1.69 bits per heavy atom. The third kappa shape index (κ3) is 14.1. The molecular weight excluding hydrogens is 460 g/mol. The van der Waals surface area contributed by atoms with Crippen molar-refractivity contribution in [1.82, 2.24) is 0 Å². The number of carbonyl (C=O) groups excluding carboxylic acids is 2. The molecular formula is C29H54O7. The number of hydrogen-bond acceptors (Lipinski definition) is 7. The quantitative estimate of drug-likeness (QED) is 0.159. The summed E-state index contributed by atoms with van der Waals surface area (Å²) in [6.45, 7) is 11.2. The summed E-state index contributed by atoms with van der Waals surface area (Å²) >= 11 is 0. The third-order valence-corrected chi connectivity index (χ3v) is 7.05. The Kier molecular flexibility index (Phi) is 17.6. The van der Waals surface area contributed by atoms with Crippen LogP contribution < -0.4 is 0 Å². The van der Waals surface area contributed by atoms with Gasteiger partial charge in [-0.3, -0.25) is 4.79 Å². The lowest BCUT2D eigenvalue weighted by molar-refractivity contribution is -0.154. The molecule has 1 aliphatic heterocycles. The zero-order valence-electron chi connectivity index (χ0n) is 22.6. The minimum Gasteiger partial charge on any atom is -0.505 e. The Morgan fingerprint density at radius 1 is 0.833 bits per heavy atom. The van der Waals surface area contributed by atoms with Crippen LogP contribution >= 0.6 is 0 Å². The molecule has 0 amide bonds. The first-order valence-electron chi connectivity index (χ1n) is 13.7. The minimum atomic E-state index is -1.43. The summed E-state index contributed by atoms with van der Waals surface area (Å²) in [5, 5.41) is 28.8. The van der Waals surface area contributed by atoms with Crippen LogP contribution in [0.5, 0.6) is 0 Å². The van der Waals surface area contributed by atoms with Crippen LogP contribution in [0.4, 0.5) is 0 Å². The van der Waals surface area contributed by atoms with Gasteiger partial charge in [-0.2, -0.15) is 0 Å². The van der Waals surface area contributed by atoms with Crippen molar-refractivity contribution in [2.45, 2.75) is 131 Å². The summed E-state index contributed by atoms with van der Waals surface area (Å²) in [5.41, 5.74) is 0. The number of ether oxygens (including phenoxy) is 2. The Bertz CT molecular complexity index is 658. The van der Waals surface area contributed by atoms with Crippen molar-refractivity contribution in [1.29, 1.82) is 0 Å². The van der Waals surface area contributed by atoms with Gasteiger partial charge in [0.25, 0.3) is 0 Å². The van der Waals surface area contributed by atoms with Gasteiger partial charge < -0.3 is 24.8 Å². The van der Waals surface area contributed by atoms with E-state index >= 15 is 0 Å². The Labute approximate surface area is 219 Å². The number of aliphatic hydroxyl groups excluding tert-OH is 3. The van der Waals surface area contributed by atoms with Gasteiger partial charge in [0.2, 0.25) is 5.76 Å². The highest BCUT2D eigenvalue weighted by atomic mass is 16.6. The molecule has 0 spiro atoms. The molecule has 212 valence electrons. The molecule has 0 saturated carbocycles. The molecule has 0 aromatic rings. The van der Waals surface area contributed by atoms with Gasteiger partial charge in [0.15, 0.2) is 11.9 Å². The number of cyclic esters (lactones) is 1. The van der Waals surface area contributed by atoms with E-state index in [-0.39, 0.29) is 13.8 Å². The van der Waals surface area contributed by atoms with Crippen LogP contribution in [0.15, 0.2) is 11.5 Å². The number of rotatable bonds is 19. The topological polar surface area (TPSA) is 113 Å². The van der Waals surface area contributed by atoms with Gasteiger partial charge in [-0.15, -0.1) is 0 Å². The van der Waals surface area contributed by atoms with E-state index < -0.39 is 42.3 Å². The maximum absolute atomic E-state index is 11.9. The Hall–Kier alpha value is -1.76. The second-order valence-electron chi connectivity index (χ2n) is 11.2. The molecule has 0 radical (unpaired) electrons. The summed E-state index contributed by atoms with van der Waals surface area (Å²) in [4.78, 5) is 23.1. The first kappa shape index (κ1) is 34.2. The highest BCUT2D eigenvalue weighted by molar-refractivity contribution is 5.89. The van der Waals surface area contributed by atoms with E-state index in [1.54, 1.807) is 0 Å². The second kappa shape index (κ2) is 18.5. The molecule has 1 heterocycles. The molecule has 1 rings (SSSR count). The SMILES string of the molecule is C.CC(C)CCCC(C)CCCC(C)CCCC(C)CCCC(=O)OCC(O)C1OC(=O)C(O)=C1O. The van der Waals surface area contributed by atoms with Gasteiger partial charge in [0.1, 0.15) is 12.7 Å². The second-order valence-corrected chi connectivity index (χ2v) is 11.2. The molecule has 5 atom stereocenters. The number of aliphatic hydroxyl groups is 3. The van der Waals surface area contributed by atoms with Gasteiger partial charge in [0, 0.05) is 6.42 Å². The fourth-order valence-corrected chi connectivity index (χ4v) is 4.60. The molecule has 36 heavy (non-hydrogen) atoms. The highest BCUT2D eigenvalue weighted by Crippen LogP contribution is 2.24. The van der Waals surface area contributed by atoms with Crippen LogP contribution in [0.3, 0.4) is 0 Å². The van der Waals surface area contributed by atoms with Crippen LogP contribution in [-0.4, -0.2) is 46.1 Å². The van der Waals surface area contributed by atoms with Gasteiger partial charge in [-0.1, -0.05) is 106 Å². The van der Waals surface area contributed by atoms with Crippen molar-refractivity contribution in [3.05, 3.63) is 11.5 Å². The summed E-state index contributed by atoms with van der Waals surface area (Å²) < 4.78 is 9.67. The van der Waals surface area contributed by atoms with Crippen LogP contribution in [-0.2, 0) is 19.1 Å². The zero-order chi connectivity index (χ0) is 26.4. The van der Waals surface area contributed by atoms with Crippen LogP contribution in [0.1, 0.15) is 119 Å². The number of carbonyl (C=O) groups is 2. The van der Waals surface area contributed by atoms with E-state index in [0.29, 0.717) is 12.3 Å². The van der Waals surface area contributed by atoms with Crippen molar-refractivity contribution >= 4 is 11.9 Å². The fraction of sp³-hybridized carbons (Fsp3) is 0.862. The maximum Gasteiger partial charge on any atom is 0.377 e. The van der Waals surface area contributed by atoms with E-state index in [4.69, 9.17) is 4.74 Å². The predicted molar refractivity (Wildman–Crippen MR) is 144 cm³/mol. The first-order valence-corrected chi connectivity index (χ1v) is 13.7. The fourth-order valence-electron chi connectivity index (χ4n) is 4.60. The van der Waals surface area contributed by atoms with Crippen LogP contribution in [0, 0.1) is 23.7 Å².